The van der Waals surface area contributed by atoms with Crippen molar-refractivity contribution in [1.82, 2.24) is 19.0 Å². The van der Waals surface area contributed by atoms with E-state index in [0.717, 1.165) is 5.69 Å². The van der Waals surface area contributed by atoms with Crippen LogP contribution in [0.5, 0.6) is 0 Å². The summed E-state index contributed by atoms with van der Waals surface area (Å²) in [6.07, 6.45) is 2.99. The monoisotopic (exact) mass is 394 g/mol. The molecule has 0 spiro atoms. The smallest absolute Gasteiger partial charge is 0.253 e. The van der Waals surface area contributed by atoms with Crippen LogP contribution in [0.1, 0.15) is 49.8 Å². The predicted octanol–water partition coefficient (Wildman–Crippen LogP) is 2.07. The Bertz CT molecular complexity index is 950. The second kappa shape index (κ2) is 7.55. The predicted molar refractivity (Wildman–Crippen MR) is 100 cm³/mol. The van der Waals surface area contributed by atoms with Crippen molar-refractivity contribution in [3.63, 3.8) is 0 Å². The molecule has 0 aromatic carbocycles. The molecule has 8 nitrogen and oxygen atoms in total. The van der Waals surface area contributed by atoms with Crippen molar-refractivity contribution in [3.8, 4) is 0 Å². The van der Waals surface area contributed by atoms with E-state index < -0.39 is 10.0 Å². The molecule has 9 heteroatoms. The second-order valence-corrected chi connectivity index (χ2v) is 9.33. The zero-order valence-corrected chi connectivity index (χ0v) is 17.0. The average Bonchev–Trinajstić information content (AvgIpc) is 2.96. The van der Waals surface area contributed by atoms with E-state index in [-0.39, 0.29) is 22.3 Å². The highest BCUT2D eigenvalue weighted by molar-refractivity contribution is 7.89. The SMILES string of the molecule is Cc1noc(C)c1S(=O)(=O)N1CCC(Cn2cnc(C(C)C)cc2=O)CC1. The summed E-state index contributed by atoms with van der Waals surface area (Å²) in [5, 5.41) is 3.75. The van der Waals surface area contributed by atoms with Gasteiger partial charge in [-0.2, -0.15) is 4.31 Å². The van der Waals surface area contributed by atoms with E-state index in [1.165, 1.54) is 4.31 Å². The lowest BCUT2D eigenvalue weighted by atomic mass is 9.98. The molecule has 0 radical (unpaired) electrons. The van der Waals surface area contributed by atoms with Crippen molar-refractivity contribution in [3.05, 3.63) is 39.9 Å². The van der Waals surface area contributed by atoms with Crippen LogP contribution in [0, 0.1) is 19.8 Å². The standard InChI is InChI=1S/C18H26N4O4S/c1-12(2)16-9-17(23)21(11-19-16)10-15-5-7-22(8-6-15)27(24,25)18-13(3)20-26-14(18)4/h9,11-12,15H,5-8,10H2,1-4H3. The lowest BCUT2D eigenvalue weighted by Gasteiger charge is -2.31. The number of sulfonamides is 1. The van der Waals surface area contributed by atoms with E-state index in [4.69, 9.17) is 4.52 Å². The normalized spacial score (nSPS) is 16.9. The summed E-state index contributed by atoms with van der Waals surface area (Å²) >= 11 is 0. The highest BCUT2D eigenvalue weighted by Crippen LogP contribution is 2.28. The van der Waals surface area contributed by atoms with Crippen molar-refractivity contribution < 1.29 is 12.9 Å². The van der Waals surface area contributed by atoms with Crippen LogP contribution in [0.4, 0.5) is 0 Å². The molecule has 0 aliphatic carbocycles. The Morgan fingerprint density at radius 1 is 1.26 bits per heavy atom. The molecule has 1 saturated heterocycles. The minimum atomic E-state index is -3.60. The van der Waals surface area contributed by atoms with Gasteiger partial charge in [0.2, 0.25) is 10.0 Å². The maximum absolute atomic E-state index is 12.9. The third-order valence-corrected chi connectivity index (χ3v) is 7.23. The molecule has 148 valence electrons. The summed E-state index contributed by atoms with van der Waals surface area (Å²) in [6.45, 7) is 8.65. The van der Waals surface area contributed by atoms with E-state index in [0.29, 0.717) is 43.9 Å². The Morgan fingerprint density at radius 3 is 2.44 bits per heavy atom. The molecule has 0 N–H and O–H groups in total. The van der Waals surface area contributed by atoms with Gasteiger partial charge in [0.25, 0.3) is 5.56 Å². The van der Waals surface area contributed by atoms with Gasteiger partial charge in [-0.25, -0.2) is 13.4 Å². The van der Waals surface area contributed by atoms with Crippen LogP contribution in [0.2, 0.25) is 0 Å². The third-order valence-electron chi connectivity index (χ3n) is 5.09. The van der Waals surface area contributed by atoms with E-state index in [2.05, 4.69) is 10.1 Å². The van der Waals surface area contributed by atoms with Crippen LogP contribution >= 0.6 is 0 Å². The highest BCUT2D eigenvalue weighted by Gasteiger charge is 2.33. The van der Waals surface area contributed by atoms with E-state index in [1.54, 1.807) is 30.8 Å². The first-order valence-corrected chi connectivity index (χ1v) is 10.6. The summed E-state index contributed by atoms with van der Waals surface area (Å²) in [7, 11) is -3.60. The van der Waals surface area contributed by atoms with Crippen LogP contribution in [-0.2, 0) is 16.6 Å². The molecule has 27 heavy (non-hydrogen) atoms. The molecule has 0 unspecified atom stereocenters. The van der Waals surface area contributed by atoms with Crippen LogP contribution in [0.15, 0.2) is 26.6 Å². The van der Waals surface area contributed by atoms with E-state index >= 15 is 0 Å². The van der Waals surface area contributed by atoms with Gasteiger partial charge in [-0.15, -0.1) is 0 Å². The summed E-state index contributed by atoms with van der Waals surface area (Å²) in [4.78, 5) is 16.8. The Kier molecular flexibility index (Phi) is 5.53. The first-order valence-electron chi connectivity index (χ1n) is 9.19. The lowest BCUT2D eigenvalue weighted by molar-refractivity contribution is 0.250. The number of rotatable bonds is 5. The van der Waals surface area contributed by atoms with Gasteiger partial charge in [-0.05, 0) is 38.5 Å². The summed E-state index contributed by atoms with van der Waals surface area (Å²) in [5.41, 5.74) is 1.12. The number of piperidine rings is 1. The lowest BCUT2D eigenvalue weighted by Crippen LogP contribution is -2.40. The fourth-order valence-corrected chi connectivity index (χ4v) is 5.24. The first kappa shape index (κ1) is 19.8. The Hall–Kier alpha value is -2.00. The molecule has 1 aliphatic rings. The molecule has 1 fully saturated rings. The van der Waals surface area contributed by atoms with Crippen molar-refractivity contribution in [2.75, 3.05) is 13.1 Å². The number of aryl methyl sites for hydroxylation is 2. The zero-order chi connectivity index (χ0) is 19.8. The molecular weight excluding hydrogens is 368 g/mol. The van der Waals surface area contributed by atoms with E-state index in [9.17, 15) is 13.2 Å². The molecule has 0 saturated carbocycles. The average molecular weight is 394 g/mol. The molecule has 3 heterocycles. The zero-order valence-electron chi connectivity index (χ0n) is 16.2. The van der Waals surface area contributed by atoms with Crippen LogP contribution < -0.4 is 5.56 Å². The highest BCUT2D eigenvalue weighted by atomic mass is 32.2. The summed E-state index contributed by atoms with van der Waals surface area (Å²) < 4.78 is 33.9. The number of nitrogens with zero attached hydrogens (tertiary/aromatic N) is 4. The van der Waals surface area contributed by atoms with Crippen molar-refractivity contribution in [2.45, 2.75) is 57.9 Å². The van der Waals surface area contributed by atoms with Gasteiger partial charge in [0.05, 0.1) is 12.0 Å². The topological polar surface area (TPSA) is 98.3 Å². The van der Waals surface area contributed by atoms with Gasteiger partial charge >= 0.3 is 0 Å². The molecule has 0 amide bonds. The molecule has 0 atom stereocenters. The minimum Gasteiger partial charge on any atom is -0.360 e. The minimum absolute atomic E-state index is 0.0560. The Labute approximate surface area is 159 Å². The third kappa shape index (κ3) is 3.98. The van der Waals surface area contributed by atoms with Crippen LogP contribution in [-0.4, -0.2) is 40.5 Å². The van der Waals surface area contributed by atoms with Gasteiger partial charge in [-0.3, -0.25) is 9.36 Å². The number of aromatic nitrogens is 3. The molecular formula is C18H26N4O4S. The van der Waals surface area contributed by atoms with E-state index in [1.807, 2.05) is 13.8 Å². The van der Waals surface area contributed by atoms with Crippen molar-refractivity contribution >= 4 is 10.0 Å². The fraction of sp³-hybridized carbons (Fsp3) is 0.611. The maximum Gasteiger partial charge on any atom is 0.253 e. The van der Waals surface area contributed by atoms with Crippen LogP contribution in [0.25, 0.3) is 0 Å². The van der Waals surface area contributed by atoms with Gasteiger partial charge in [0, 0.05) is 25.7 Å². The Morgan fingerprint density at radius 2 is 1.93 bits per heavy atom. The Balaban J connectivity index is 1.67. The van der Waals surface area contributed by atoms with Crippen molar-refractivity contribution in [2.24, 2.45) is 5.92 Å². The maximum atomic E-state index is 12.9. The van der Waals surface area contributed by atoms with Gasteiger partial charge < -0.3 is 4.52 Å². The van der Waals surface area contributed by atoms with Crippen LogP contribution in [0.3, 0.4) is 0 Å². The van der Waals surface area contributed by atoms with Gasteiger partial charge in [-0.1, -0.05) is 19.0 Å². The van der Waals surface area contributed by atoms with Gasteiger partial charge in [0.15, 0.2) is 5.76 Å². The molecule has 2 aromatic heterocycles. The quantitative estimate of drug-likeness (QED) is 0.770. The first-order chi connectivity index (χ1) is 12.7. The summed E-state index contributed by atoms with van der Waals surface area (Å²) in [6, 6.07) is 1.59. The largest absolute Gasteiger partial charge is 0.360 e. The fourth-order valence-electron chi connectivity index (χ4n) is 3.48. The second-order valence-electron chi connectivity index (χ2n) is 7.46. The number of hydrogen-bond acceptors (Lipinski definition) is 6. The van der Waals surface area contributed by atoms with Gasteiger partial charge in [0.1, 0.15) is 10.6 Å². The molecule has 0 bridgehead atoms. The number of hydrogen-bond donors (Lipinski definition) is 0. The summed E-state index contributed by atoms with van der Waals surface area (Å²) in [5.74, 6) is 0.771. The molecule has 3 rings (SSSR count). The molecule has 2 aromatic rings. The molecule has 1 aliphatic heterocycles. The van der Waals surface area contributed by atoms with Crippen molar-refractivity contribution in [1.29, 1.82) is 0 Å².